The summed E-state index contributed by atoms with van der Waals surface area (Å²) in [6.45, 7) is 0. The third kappa shape index (κ3) is 4.55. The maximum absolute atomic E-state index is 9.39. The van der Waals surface area contributed by atoms with E-state index in [1.165, 1.54) is 0 Å². The van der Waals surface area contributed by atoms with Gasteiger partial charge >= 0.3 is 9.15 Å². The lowest BCUT2D eigenvalue weighted by Gasteiger charge is -1.76. The van der Waals surface area contributed by atoms with Crippen molar-refractivity contribution in [2.24, 2.45) is 0 Å². The van der Waals surface area contributed by atoms with Crippen LogP contribution in [0.15, 0.2) is 0 Å². The molecule has 0 aromatic rings. The number of halogens is 1. The second-order valence-electron chi connectivity index (χ2n) is 0.491. The van der Waals surface area contributed by atoms with E-state index in [1.807, 2.05) is 0 Å². The number of hydrogen-bond donors (Lipinski definition) is 1. The normalized spacial score (nSPS) is 11.7. The van der Waals surface area contributed by atoms with Crippen LogP contribution in [0.3, 0.4) is 0 Å². The number of rotatable bonds is 1. The minimum Gasteiger partial charge on any atom is -0.276 e. The average molecular weight is 149 g/mol. The van der Waals surface area contributed by atoms with Crippen LogP contribution in [0.2, 0.25) is 0 Å². The minimum atomic E-state index is -3.98. The van der Waals surface area contributed by atoms with E-state index in [9.17, 15) is 8.42 Å². The molecule has 6 heteroatoms. The molecule has 0 aliphatic heterocycles. The lowest BCUT2D eigenvalue weighted by Crippen LogP contribution is -1.81. The van der Waals surface area contributed by atoms with Crippen molar-refractivity contribution in [2.75, 3.05) is 0 Å². The van der Waals surface area contributed by atoms with Gasteiger partial charge in [0, 0.05) is 0 Å². The lowest BCUT2D eigenvalue weighted by atomic mass is 15.9. The maximum Gasteiger partial charge on any atom is 0.334 e. The van der Waals surface area contributed by atoms with Crippen molar-refractivity contribution >= 4 is 29.8 Å². The molecule has 0 fully saturated rings. The van der Waals surface area contributed by atoms with Gasteiger partial charge < -0.3 is 0 Å². The van der Waals surface area contributed by atoms with Crippen molar-refractivity contribution in [2.45, 2.75) is 0 Å². The van der Waals surface area contributed by atoms with Crippen LogP contribution in [0.1, 0.15) is 0 Å². The second-order valence-corrected chi connectivity index (χ2v) is 4.25. The van der Waals surface area contributed by atoms with Gasteiger partial charge in [-0.25, -0.2) is 0 Å². The van der Waals surface area contributed by atoms with Gasteiger partial charge in [0.1, 0.15) is 10.0 Å². The topological polar surface area (TPSA) is 54.4 Å². The second kappa shape index (κ2) is 2.02. The van der Waals surface area contributed by atoms with Crippen LogP contribution in [0.5, 0.6) is 0 Å². The Bertz CT molecular complexity index is 111. The van der Waals surface area contributed by atoms with E-state index in [-0.39, 0.29) is 10.0 Å². The van der Waals surface area contributed by atoms with E-state index < -0.39 is 9.15 Å². The molecule has 0 unspecified atom stereocenters. The predicted octanol–water partition coefficient (Wildman–Crippen LogP) is 0.676. The molecule has 0 bridgehead atoms. The summed E-state index contributed by atoms with van der Waals surface area (Å²) in [6, 6.07) is 0. The van der Waals surface area contributed by atoms with Crippen molar-refractivity contribution in [3.05, 3.63) is 0 Å². The van der Waals surface area contributed by atoms with Gasteiger partial charge in [0.25, 0.3) is 0 Å². The van der Waals surface area contributed by atoms with Gasteiger partial charge in [-0.3, -0.25) is 4.55 Å². The molecule has 0 atom stereocenters. The molecule has 1 N–H and O–H groups in total. The predicted molar refractivity (Wildman–Crippen MR) is 25.0 cm³/mol. The molecule has 0 aromatic carbocycles. The Morgan fingerprint density at radius 1 is 1.67 bits per heavy atom. The largest absolute Gasteiger partial charge is 0.334 e. The first-order chi connectivity index (χ1) is 2.56. The third-order valence-corrected chi connectivity index (χ3v) is 2.15. The first-order valence-electron chi connectivity index (χ1n) is 0.837. The van der Waals surface area contributed by atoms with Gasteiger partial charge in [-0.2, -0.15) is 8.42 Å². The molecular formula is HClO3S2. The Morgan fingerprint density at radius 2 is 1.83 bits per heavy atom. The molecule has 6 heavy (non-hydrogen) atoms. The Morgan fingerprint density at radius 3 is 1.83 bits per heavy atom. The highest BCUT2D eigenvalue weighted by Crippen LogP contribution is 2.12. The summed E-state index contributed by atoms with van der Waals surface area (Å²) in [6.07, 6.45) is 0. The van der Waals surface area contributed by atoms with Crippen LogP contribution in [0.25, 0.3) is 0 Å². The summed E-state index contributed by atoms with van der Waals surface area (Å²) in [5.74, 6) is 0. The van der Waals surface area contributed by atoms with E-state index in [2.05, 4.69) is 10.7 Å². The lowest BCUT2D eigenvalue weighted by molar-refractivity contribution is 0.503. The molecule has 0 spiro atoms. The van der Waals surface area contributed by atoms with Crippen molar-refractivity contribution in [1.82, 2.24) is 0 Å². The average Bonchev–Trinajstić information content (AvgIpc) is 1.35. The zero-order valence-electron chi connectivity index (χ0n) is 2.46. The van der Waals surface area contributed by atoms with E-state index in [0.717, 1.165) is 0 Å². The van der Waals surface area contributed by atoms with E-state index >= 15 is 0 Å². The van der Waals surface area contributed by atoms with Gasteiger partial charge in [0.2, 0.25) is 0 Å². The van der Waals surface area contributed by atoms with Crippen molar-refractivity contribution < 1.29 is 13.0 Å². The molecule has 0 aromatic heterocycles. The van der Waals surface area contributed by atoms with Crippen molar-refractivity contribution in [1.29, 1.82) is 0 Å². The van der Waals surface area contributed by atoms with Crippen molar-refractivity contribution in [3.8, 4) is 0 Å². The molecule has 0 saturated heterocycles. The first kappa shape index (κ1) is 6.55. The highest BCUT2D eigenvalue weighted by Gasteiger charge is 1.97. The quantitative estimate of drug-likeness (QED) is 0.439. The van der Waals surface area contributed by atoms with Crippen LogP contribution in [-0.4, -0.2) is 13.0 Å². The smallest absolute Gasteiger partial charge is 0.276 e. The fourth-order valence-electron chi connectivity index (χ4n) is 0. The number of hydrogen-bond acceptors (Lipinski definition) is 3. The molecule has 0 heterocycles. The summed E-state index contributed by atoms with van der Waals surface area (Å²) >= 11 is 0. The fourth-order valence-corrected chi connectivity index (χ4v) is 0. The monoisotopic (exact) mass is 148 g/mol. The molecule has 3 nitrogen and oxygen atoms in total. The SMILES string of the molecule is O=S(=O)(O)SCl. The standard InChI is InChI=1S/ClHO3S2/c1-5-6(2,3)4/h(H,2,3,4). The molecule has 0 amide bonds. The van der Waals surface area contributed by atoms with E-state index in [4.69, 9.17) is 4.55 Å². The summed E-state index contributed by atoms with van der Waals surface area (Å²) in [5, 5.41) is 0. The summed E-state index contributed by atoms with van der Waals surface area (Å²) in [4.78, 5) is 0. The molecule has 0 aliphatic rings. The molecular weight excluding hydrogens is 148 g/mol. The van der Waals surface area contributed by atoms with E-state index in [0.29, 0.717) is 0 Å². The minimum absolute atomic E-state index is 0.118. The third-order valence-electron chi connectivity index (χ3n) is 0.0796. The Hall–Kier alpha value is 0.550. The molecule has 0 radical (unpaired) electrons. The first-order valence-corrected chi connectivity index (χ1v) is 4.44. The summed E-state index contributed by atoms with van der Waals surface area (Å²) in [7, 11) is 0.458. The Balaban J connectivity index is 3.85. The maximum atomic E-state index is 9.39. The van der Waals surface area contributed by atoms with Gasteiger partial charge in [-0.05, 0) is 10.7 Å². The van der Waals surface area contributed by atoms with Gasteiger partial charge in [-0.15, -0.1) is 0 Å². The summed E-state index contributed by atoms with van der Waals surface area (Å²) < 4.78 is 26.4. The summed E-state index contributed by atoms with van der Waals surface area (Å²) in [5.41, 5.74) is 0. The van der Waals surface area contributed by atoms with Gasteiger partial charge in [0.05, 0.1) is 0 Å². The zero-order valence-corrected chi connectivity index (χ0v) is 4.85. The Kier molecular flexibility index (Phi) is 2.20. The molecule has 0 saturated carbocycles. The molecule has 0 rings (SSSR count). The molecule has 0 aliphatic carbocycles. The van der Waals surface area contributed by atoms with Crippen LogP contribution >= 0.6 is 20.7 Å². The highest BCUT2D eigenvalue weighted by atomic mass is 35.7. The van der Waals surface area contributed by atoms with Crippen LogP contribution < -0.4 is 0 Å². The highest BCUT2D eigenvalue weighted by molar-refractivity contribution is 8.79. The Labute approximate surface area is 43.3 Å². The van der Waals surface area contributed by atoms with Crippen LogP contribution in [0, 0.1) is 0 Å². The zero-order chi connectivity index (χ0) is 5.21. The fraction of sp³-hybridized carbons (Fsp3) is 0. The van der Waals surface area contributed by atoms with Gasteiger partial charge in [-0.1, -0.05) is 0 Å². The molecule has 38 valence electrons. The van der Waals surface area contributed by atoms with E-state index in [1.54, 1.807) is 0 Å². The van der Waals surface area contributed by atoms with Crippen molar-refractivity contribution in [3.63, 3.8) is 0 Å². The van der Waals surface area contributed by atoms with Crippen LogP contribution in [-0.2, 0) is 9.15 Å². The van der Waals surface area contributed by atoms with Crippen LogP contribution in [0.4, 0.5) is 0 Å². The van der Waals surface area contributed by atoms with Gasteiger partial charge in [0.15, 0.2) is 0 Å².